The number of carbonyl (C=O) groups excluding carboxylic acids is 1. The lowest BCUT2D eigenvalue weighted by molar-refractivity contribution is 0.0731. The zero-order valence-electron chi connectivity index (χ0n) is 12.5. The number of anilines is 1. The van der Waals surface area contributed by atoms with Crippen molar-refractivity contribution in [2.24, 2.45) is 0 Å². The quantitative estimate of drug-likeness (QED) is 0.933. The van der Waals surface area contributed by atoms with E-state index in [1.807, 2.05) is 43.3 Å². The van der Waals surface area contributed by atoms with Crippen LogP contribution >= 0.6 is 0 Å². The number of carbonyl (C=O) groups is 1. The Morgan fingerprint density at radius 2 is 1.86 bits per heavy atom. The van der Waals surface area contributed by atoms with Gasteiger partial charge in [-0.3, -0.25) is 4.79 Å². The Balaban J connectivity index is 1.89. The number of aryl methyl sites for hydroxylation is 1. The molecule has 1 aliphatic carbocycles. The van der Waals surface area contributed by atoms with E-state index in [9.17, 15) is 4.79 Å². The van der Waals surface area contributed by atoms with E-state index in [-0.39, 0.29) is 11.9 Å². The lowest BCUT2D eigenvalue weighted by atomic mass is 10.1. The van der Waals surface area contributed by atoms with E-state index >= 15 is 0 Å². The zero-order valence-corrected chi connectivity index (χ0v) is 12.5. The molecule has 108 valence electrons. The lowest BCUT2D eigenvalue weighted by Gasteiger charge is -2.26. The van der Waals surface area contributed by atoms with Crippen LogP contribution in [-0.4, -0.2) is 24.9 Å². The van der Waals surface area contributed by atoms with Gasteiger partial charge in [-0.1, -0.05) is 36.4 Å². The van der Waals surface area contributed by atoms with Crippen molar-refractivity contribution in [3.63, 3.8) is 0 Å². The molecule has 0 spiro atoms. The Morgan fingerprint density at radius 3 is 2.67 bits per heavy atom. The summed E-state index contributed by atoms with van der Waals surface area (Å²) in [4.78, 5) is 14.7. The Bertz CT molecular complexity index is 666. The topological polar surface area (TPSA) is 32.3 Å². The van der Waals surface area contributed by atoms with Gasteiger partial charge in [0.25, 0.3) is 5.91 Å². The summed E-state index contributed by atoms with van der Waals surface area (Å²) in [5.74, 6) is 0.0710. The maximum atomic E-state index is 12.8. The Labute approximate surface area is 125 Å². The van der Waals surface area contributed by atoms with Crippen molar-refractivity contribution in [2.75, 3.05) is 19.4 Å². The Kier molecular flexibility index (Phi) is 3.65. The molecule has 3 rings (SSSR count). The molecule has 21 heavy (non-hydrogen) atoms. The van der Waals surface area contributed by atoms with Gasteiger partial charge in [-0.05, 0) is 36.1 Å². The van der Waals surface area contributed by atoms with E-state index in [1.54, 1.807) is 0 Å². The van der Waals surface area contributed by atoms with Crippen molar-refractivity contribution >= 4 is 11.6 Å². The largest absolute Gasteiger partial charge is 0.387 e. The first kappa shape index (κ1) is 13.7. The van der Waals surface area contributed by atoms with Gasteiger partial charge in [0, 0.05) is 19.8 Å². The number of para-hydroxylation sites is 1. The standard InChI is InChI=1S/C18H20N2O/c1-19-16-10-6-5-9-15(16)18(21)20(2)17-12-11-13-7-3-4-8-14(13)17/h3-10,17,19H,11-12H2,1-2H3. The number of nitrogens with zero attached hydrogens (tertiary/aromatic N) is 1. The fourth-order valence-corrected chi connectivity index (χ4v) is 3.16. The first-order valence-electron chi connectivity index (χ1n) is 7.34. The number of hydrogen-bond donors (Lipinski definition) is 1. The fourth-order valence-electron chi connectivity index (χ4n) is 3.16. The summed E-state index contributed by atoms with van der Waals surface area (Å²) in [7, 11) is 3.75. The molecular formula is C18H20N2O. The minimum atomic E-state index is 0.0710. The Morgan fingerprint density at radius 1 is 1.14 bits per heavy atom. The zero-order chi connectivity index (χ0) is 14.8. The summed E-state index contributed by atoms with van der Waals surface area (Å²) in [6.45, 7) is 0. The molecule has 0 bridgehead atoms. The van der Waals surface area contributed by atoms with E-state index in [0.29, 0.717) is 0 Å². The SMILES string of the molecule is CNc1ccccc1C(=O)N(C)C1CCc2ccccc21. The first-order valence-corrected chi connectivity index (χ1v) is 7.34. The second-order valence-corrected chi connectivity index (χ2v) is 5.46. The second-order valence-electron chi connectivity index (χ2n) is 5.46. The molecule has 2 aromatic carbocycles. The number of hydrogen-bond acceptors (Lipinski definition) is 2. The highest BCUT2D eigenvalue weighted by Gasteiger charge is 2.29. The van der Waals surface area contributed by atoms with Crippen LogP contribution in [0.3, 0.4) is 0 Å². The third-order valence-electron chi connectivity index (χ3n) is 4.32. The molecule has 0 aliphatic heterocycles. The number of benzene rings is 2. The number of nitrogens with one attached hydrogen (secondary N) is 1. The van der Waals surface area contributed by atoms with E-state index in [4.69, 9.17) is 0 Å². The summed E-state index contributed by atoms with van der Waals surface area (Å²) in [6.07, 6.45) is 2.05. The van der Waals surface area contributed by atoms with Crippen LogP contribution in [0.1, 0.15) is 33.9 Å². The summed E-state index contributed by atoms with van der Waals surface area (Å²) < 4.78 is 0. The predicted octanol–water partition coefficient (Wildman–Crippen LogP) is 3.49. The minimum Gasteiger partial charge on any atom is -0.387 e. The maximum absolute atomic E-state index is 12.8. The molecule has 0 saturated carbocycles. The smallest absolute Gasteiger partial charge is 0.256 e. The molecular weight excluding hydrogens is 260 g/mol. The van der Waals surface area contributed by atoms with Crippen LogP contribution in [-0.2, 0) is 6.42 Å². The fraction of sp³-hybridized carbons (Fsp3) is 0.278. The molecule has 0 radical (unpaired) electrons. The van der Waals surface area contributed by atoms with Crippen LogP contribution < -0.4 is 5.32 Å². The van der Waals surface area contributed by atoms with Gasteiger partial charge in [0.1, 0.15) is 0 Å². The molecule has 1 N–H and O–H groups in total. The number of rotatable bonds is 3. The van der Waals surface area contributed by atoms with Gasteiger partial charge < -0.3 is 10.2 Å². The molecule has 3 nitrogen and oxygen atoms in total. The highest BCUT2D eigenvalue weighted by atomic mass is 16.2. The van der Waals surface area contributed by atoms with Crippen molar-refractivity contribution in [2.45, 2.75) is 18.9 Å². The van der Waals surface area contributed by atoms with Gasteiger partial charge in [-0.2, -0.15) is 0 Å². The summed E-state index contributed by atoms with van der Waals surface area (Å²) in [5, 5.41) is 3.09. The minimum absolute atomic E-state index is 0.0710. The van der Waals surface area contributed by atoms with E-state index < -0.39 is 0 Å². The van der Waals surface area contributed by atoms with Crippen LogP contribution in [0.2, 0.25) is 0 Å². The van der Waals surface area contributed by atoms with E-state index in [1.165, 1.54) is 11.1 Å². The maximum Gasteiger partial charge on any atom is 0.256 e. The first-order chi connectivity index (χ1) is 10.2. The van der Waals surface area contributed by atoms with Crippen LogP contribution in [0.4, 0.5) is 5.69 Å². The molecule has 2 aromatic rings. The van der Waals surface area contributed by atoms with Crippen LogP contribution in [0.15, 0.2) is 48.5 Å². The predicted molar refractivity (Wildman–Crippen MR) is 85.6 cm³/mol. The molecule has 1 amide bonds. The van der Waals surface area contributed by atoms with Gasteiger partial charge in [-0.15, -0.1) is 0 Å². The lowest BCUT2D eigenvalue weighted by Crippen LogP contribution is -2.30. The van der Waals surface area contributed by atoms with Crippen molar-refractivity contribution < 1.29 is 4.79 Å². The Hall–Kier alpha value is -2.29. The monoisotopic (exact) mass is 280 g/mol. The van der Waals surface area contributed by atoms with Crippen LogP contribution in [0, 0.1) is 0 Å². The van der Waals surface area contributed by atoms with Crippen LogP contribution in [0.5, 0.6) is 0 Å². The molecule has 1 aliphatic rings. The van der Waals surface area contributed by atoms with Crippen molar-refractivity contribution in [1.82, 2.24) is 4.90 Å². The molecule has 0 fully saturated rings. The number of fused-ring (bicyclic) bond motifs is 1. The third kappa shape index (κ3) is 2.40. The van der Waals surface area contributed by atoms with Gasteiger partial charge in [0.05, 0.1) is 11.6 Å². The van der Waals surface area contributed by atoms with Crippen molar-refractivity contribution in [1.29, 1.82) is 0 Å². The van der Waals surface area contributed by atoms with E-state index in [2.05, 4.69) is 29.6 Å². The van der Waals surface area contributed by atoms with Gasteiger partial charge in [0.2, 0.25) is 0 Å². The molecule has 1 atom stereocenters. The second kappa shape index (κ2) is 5.60. The summed E-state index contributed by atoms with van der Waals surface area (Å²) in [5.41, 5.74) is 4.26. The summed E-state index contributed by atoms with van der Waals surface area (Å²) in [6, 6.07) is 16.3. The van der Waals surface area contributed by atoms with Crippen LogP contribution in [0.25, 0.3) is 0 Å². The van der Waals surface area contributed by atoms with Gasteiger partial charge >= 0.3 is 0 Å². The molecule has 0 heterocycles. The van der Waals surface area contributed by atoms with Crippen molar-refractivity contribution in [3.8, 4) is 0 Å². The highest BCUT2D eigenvalue weighted by molar-refractivity contribution is 5.99. The summed E-state index contributed by atoms with van der Waals surface area (Å²) >= 11 is 0. The molecule has 0 saturated heterocycles. The van der Waals surface area contributed by atoms with Gasteiger partial charge in [-0.25, -0.2) is 0 Å². The molecule has 0 aromatic heterocycles. The average Bonchev–Trinajstić information content (AvgIpc) is 2.97. The van der Waals surface area contributed by atoms with Gasteiger partial charge in [0.15, 0.2) is 0 Å². The number of amides is 1. The third-order valence-corrected chi connectivity index (χ3v) is 4.32. The van der Waals surface area contributed by atoms with E-state index in [0.717, 1.165) is 24.1 Å². The molecule has 3 heteroatoms. The van der Waals surface area contributed by atoms with Crippen molar-refractivity contribution in [3.05, 3.63) is 65.2 Å². The normalized spacial score (nSPS) is 16.4. The average molecular weight is 280 g/mol. The highest BCUT2D eigenvalue weighted by Crippen LogP contribution is 2.35. The molecule has 1 unspecified atom stereocenters.